The summed E-state index contributed by atoms with van der Waals surface area (Å²) in [5.74, 6) is 4.18. The largest absolute Gasteiger partial charge is 0.497 e. The zero-order chi connectivity index (χ0) is 23.8. The molecular weight excluding hydrogens is 446 g/mol. The molecule has 1 fully saturated rings. The number of hydrogen-bond acceptors (Lipinski definition) is 7. The van der Waals surface area contributed by atoms with E-state index in [1.165, 1.54) is 16.9 Å². The van der Waals surface area contributed by atoms with Gasteiger partial charge in [-0.1, -0.05) is 17.9 Å². The average Bonchev–Trinajstić information content (AvgIpc) is 2.86. The predicted molar refractivity (Wildman–Crippen MR) is 124 cm³/mol. The van der Waals surface area contributed by atoms with Gasteiger partial charge in [-0.3, -0.25) is 10.0 Å². The van der Waals surface area contributed by atoms with Crippen LogP contribution in [0.2, 0.25) is 0 Å². The molecule has 0 bridgehead atoms. The molecule has 1 aliphatic rings. The van der Waals surface area contributed by atoms with Gasteiger partial charge in [0.05, 0.1) is 20.0 Å². The number of anilines is 1. The molecule has 1 heterocycles. The molecule has 1 aliphatic heterocycles. The van der Waals surface area contributed by atoms with Crippen molar-refractivity contribution in [2.24, 2.45) is 5.92 Å². The highest BCUT2D eigenvalue weighted by Gasteiger charge is 2.31. The highest BCUT2D eigenvalue weighted by molar-refractivity contribution is 7.89. The Labute approximate surface area is 193 Å². The first kappa shape index (κ1) is 24.4. The van der Waals surface area contributed by atoms with Gasteiger partial charge >= 0.3 is 0 Å². The number of benzene rings is 2. The summed E-state index contributed by atoms with van der Waals surface area (Å²) in [6, 6.07) is 14.5. The normalized spacial score (nSPS) is 15.2. The van der Waals surface area contributed by atoms with Gasteiger partial charge in [-0.05, 0) is 42.5 Å². The Morgan fingerprint density at radius 3 is 2.33 bits per heavy atom. The fourth-order valence-corrected chi connectivity index (χ4v) is 5.05. The Morgan fingerprint density at radius 2 is 1.73 bits per heavy atom. The Hall–Kier alpha value is -3.26. The first-order valence-corrected chi connectivity index (χ1v) is 11.9. The van der Waals surface area contributed by atoms with E-state index in [4.69, 9.17) is 14.7 Å². The Morgan fingerprint density at radius 1 is 1.06 bits per heavy atom. The highest BCUT2D eigenvalue weighted by atomic mass is 32.2. The van der Waals surface area contributed by atoms with Gasteiger partial charge in [0.1, 0.15) is 17.4 Å². The van der Waals surface area contributed by atoms with Crippen molar-refractivity contribution in [1.82, 2.24) is 9.79 Å². The number of nitrogens with one attached hydrogen (secondary N) is 1. The van der Waals surface area contributed by atoms with Crippen LogP contribution >= 0.6 is 0 Å². The van der Waals surface area contributed by atoms with Crippen LogP contribution in [0.4, 0.5) is 5.69 Å². The van der Waals surface area contributed by atoms with Crippen molar-refractivity contribution in [3.8, 4) is 23.3 Å². The number of ether oxygens (including phenoxy) is 2. The first-order chi connectivity index (χ1) is 15.9. The van der Waals surface area contributed by atoms with Gasteiger partial charge in [0.25, 0.3) is 5.91 Å². The second-order valence-electron chi connectivity index (χ2n) is 7.39. The molecule has 0 radical (unpaired) electrons. The summed E-state index contributed by atoms with van der Waals surface area (Å²) in [5, 5.41) is 9.08. The molecule has 2 aromatic carbocycles. The molecule has 1 amide bonds. The van der Waals surface area contributed by atoms with E-state index in [1.54, 1.807) is 31.4 Å². The third-order valence-electron chi connectivity index (χ3n) is 5.33. The smallest absolute Gasteiger partial charge is 0.259 e. The molecule has 1 atom stereocenters. The van der Waals surface area contributed by atoms with Crippen molar-refractivity contribution in [1.29, 1.82) is 0 Å². The Balaban J connectivity index is 1.67. The standard InChI is InChI=1S/C23H27N3O6S/c1-31-21-10-8-20(9-11-21)25-12-14-26(15-13-25)33(29,30)17-19(23(27)24-28)7-6-18-4-3-5-22(16-18)32-2/h3-5,8-11,16,19,28H,12-15,17H2,1-2H3,(H,24,27). The van der Waals surface area contributed by atoms with Crippen molar-refractivity contribution in [3.63, 3.8) is 0 Å². The van der Waals surface area contributed by atoms with Gasteiger partial charge in [0, 0.05) is 37.4 Å². The lowest BCUT2D eigenvalue weighted by molar-refractivity contribution is -0.131. The Bertz CT molecular complexity index is 1120. The molecular formula is C23H27N3O6S. The maximum atomic E-state index is 13.0. The van der Waals surface area contributed by atoms with Crippen molar-refractivity contribution >= 4 is 21.6 Å². The van der Waals surface area contributed by atoms with Crippen LogP contribution in [0.5, 0.6) is 11.5 Å². The van der Waals surface area contributed by atoms with Crippen molar-refractivity contribution in [2.45, 2.75) is 0 Å². The minimum atomic E-state index is -3.78. The fourth-order valence-electron chi connectivity index (χ4n) is 3.47. The quantitative estimate of drug-likeness (QED) is 0.355. The summed E-state index contributed by atoms with van der Waals surface area (Å²) in [4.78, 5) is 14.2. The van der Waals surface area contributed by atoms with Gasteiger partial charge in [0.15, 0.2) is 0 Å². The van der Waals surface area contributed by atoms with Crippen LogP contribution in [0.25, 0.3) is 0 Å². The van der Waals surface area contributed by atoms with E-state index < -0.39 is 27.6 Å². The number of carbonyl (C=O) groups excluding carboxylic acids is 1. The molecule has 0 aromatic heterocycles. The van der Waals surface area contributed by atoms with Gasteiger partial charge in [-0.15, -0.1) is 0 Å². The molecule has 0 saturated carbocycles. The van der Waals surface area contributed by atoms with E-state index in [0.717, 1.165) is 11.4 Å². The van der Waals surface area contributed by atoms with Gasteiger partial charge in [-0.2, -0.15) is 4.31 Å². The number of nitrogens with zero attached hydrogens (tertiary/aromatic N) is 2. The summed E-state index contributed by atoms with van der Waals surface area (Å²) in [6.07, 6.45) is 0. The third-order valence-corrected chi connectivity index (χ3v) is 7.24. The number of hydroxylamine groups is 1. The van der Waals surface area contributed by atoms with E-state index in [-0.39, 0.29) is 13.1 Å². The molecule has 0 aliphatic carbocycles. The van der Waals surface area contributed by atoms with Crippen LogP contribution in [0.3, 0.4) is 0 Å². The summed E-state index contributed by atoms with van der Waals surface area (Å²) in [7, 11) is -0.659. The Kier molecular flexibility index (Phi) is 8.16. The van der Waals surface area contributed by atoms with Crippen LogP contribution in [-0.4, -0.2) is 70.0 Å². The van der Waals surface area contributed by atoms with E-state index >= 15 is 0 Å². The zero-order valence-corrected chi connectivity index (χ0v) is 19.3. The maximum Gasteiger partial charge on any atom is 0.259 e. The number of amides is 1. The minimum absolute atomic E-state index is 0.283. The van der Waals surface area contributed by atoms with Crippen LogP contribution in [-0.2, 0) is 14.8 Å². The molecule has 2 N–H and O–H groups in total. The van der Waals surface area contributed by atoms with E-state index in [0.29, 0.717) is 24.4 Å². The zero-order valence-electron chi connectivity index (χ0n) is 18.5. The fraction of sp³-hybridized carbons (Fsp3) is 0.348. The van der Waals surface area contributed by atoms with Crippen molar-refractivity contribution in [2.75, 3.05) is 51.1 Å². The molecule has 0 spiro atoms. The van der Waals surface area contributed by atoms with Gasteiger partial charge < -0.3 is 14.4 Å². The van der Waals surface area contributed by atoms with E-state index in [2.05, 4.69) is 16.7 Å². The number of piperazine rings is 1. The molecule has 3 rings (SSSR count). The van der Waals surface area contributed by atoms with Crippen LogP contribution in [0.15, 0.2) is 48.5 Å². The molecule has 176 valence electrons. The topological polar surface area (TPSA) is 108 Å². The van der Waals surface area contributed by atoms with Crippen LogP contribution in [0, 0.1) is 17.8 Å². The number of rotatable bonds is 7. The number of methoxy groups -OCH3 is 2. The molecule has 9 nitrogen and oxygen atoms in total. The molecule has 2 aromatic rings. The SMILES string of the molecule is COc1ccc(N2CCN(S(=O)(=O)CC(C#Cc3cccc(OC)c3)C(=O)NO)CC2)cc1. The average molecular weight is 474 g/mol. The molecule has 10 heteroatoms. The summed E-state index contributed by atoms with van der Waals surface area (Å²) in [6.45, 7) is 1.59. The lowest BCUT2D eigenvalue weighted by atomic mass is 10.1. The van der Waals surface area contributed by atoms with Gasteiger partial charge in [-0.25, -0.2) is 13.9 Å². The second-order valence-corrected chi connectivity index (χ2v) is 9.41. The number of sulfonamides is 1. The van der Waals surface area contributed by atoms with Crippen LogP contribution < -0.4 is 19.9 Å². The summed E-state index contributed by atoms with van der Waals surface area (Å²) < 4.78 is 37.7. The summed E-state index contributed by atoms with van der Waals surface area (Å²) >= 11 is 0. The van der Waals surface area contributed by atoms with Crippen molar-refractivity contribution < 1.29 is 27.9 Å². The van der Waals surface area contributed by atoms with E-state index in [9.17, 15) is 13.2 Å². The first-order valence-electron chi connectivity index (χ1n) is 10.3. The summed E-state index contributed by atoms with van der Waals surface area (Å²) in [5.41, 5.74) is 3.07. The van der Waals surface area contributed by atoms with Crippen molar-refractivity contribution in [3.05, 3.63) is 54.1 Å². The van der Waals surface area contributed by atoms with Crippen LogP contribution in [0.1, 0.15) is 5.56 Å². The van der Waals surface area contributed by atoms with Gasteiger partial charge in [0.2, 0.25) is 10.0 Å². The molecule has 33 heavy (non-hydrogen) atoms. The van der Waals surface area contributed by atoms with E-state index in [1.807, 2.05) is 24.3 Å². The number of hydrogen-bond donors (Lipinski definition) is 2. The minimum Gasteiger partial charge on any atom is -0.497 e. The predicted octanol–water partition coefficient (Wildman–Crippen LogP) is 1.33. The number of carbonyl (C=O) groups is 1. The lowest BCUT2D eigenvalue weighted by Crippen LogP contribution is -2.50. The second kappa shape index (κ2) is 11.0. The molecule has 1 unspecified atom stereocenters. The maximum absolute atomic E-state index is 13.0. The third kappa shape index (κ3) is 6.38. The monoisotopic (exact) mass is 473 g/mol. The lowest BCUT2D eigenvalue weighted by Gasteiger charge is -2.35. The highest BCUT2D eigenvalue weighted by Crippen LogP contribution is 2.22. The molecule has 1 saturated heterocycles.